The fraction of sp³-hybridized carbons (Fsp3) is 0.605. The lowest BCUT2D eigenvalue weighted by Gasteiger charge is -2.32. The fourth-order valence-electron chi connectivity index (χ4n) is 8.74. The number of thioether (sulfide) groups is 1. The Morgan fingerprint density at radius 1 is 1.16 bits per heavy atom. The van der Waals surface area contributed by atoms with E-state index in [4.69, 9.17) is 36.8 Å². The molecule has 57 heavy (non-hydrogen) atoms. The highest BCUT2D eigenvalue weighted by Gasteiger charge is 2.41. The molecule has 3 unspecified atom stereocenters. The highest BCUT2D eigenvalue weighted by molar-refractivity contribution is 8.14. The standard InChI is InChI=1S/C43H57N5O6S3/c1-7-47-34-13-12-28-20-30(34)32(38(47)29-10-8-16-44-37(29)26(3)52-6)22-43(4,5)24-54-42(51)35-11-9-17-48(46-57-35)41(50)31(21-36-45-33(28)23-56-36)40(55)39(49)25(2)27-14-18-53-19-15-27/h8,10,12-13,16,20,25-27,31,33,35,40,46,55H,7,9,11,14-15,17-19,21-24H2,1-6H3/t25?,26-,31+,33?,35-,40?/m0/s1. The Labute approximate surface area is 350 Å². The van der Waals surface area contributed by atoms with E-state index in [0.29, 0.717) is 45.4 Å². The number of hydrogen-bond acceptors (Lipinski definition) is 12. The number of thiol groups is 1. The Bertz CT molecular complexity index is 2000. The molecule has 2 saturated heterocycles. The van der Waals surface area contributed by atoms with Gasteiger partial charge in [0.25, 0.3) is 0 Å². The number of carbonyl (C=O) groups is 3. The zero-order chi connectivity index (χ0) is 40.4. The largest absolute Gasteiger partial charge is 0.464 e. The molecule has 6 atom stereocenters. The smallest absolute Gasteiger partial charge is 0.320 e. The number of pyridine rings is 1. The van der Waals surface area contributed by atoms with Crippen molar-refractivity contribution in [2.45, 2.75) is 102 Å². The highest BCUT2D eigenvalue weighted by Crippen LogP contribution is 2.43. The van der Waals surface area contributed by atoms with Crippen molar-refractivity contribution in [2.24, 2.45) is 28.2 Å². The number of hydrazine groups is 1. The molecule has 308 valence electrons. The molecule has 1 N–H and O–H groups in total. The third-order valence-electron chi connectivity index (χ3n) is 12.2. The Morgan fingerprint density at radius 2 is 1.95 bits per heavy atom. The number of rotatable bonds is 8. The quantitative estimate of drug-likeness (QED) is 0.132. The first-order chi connectivity index (χ1) is 27.4. The molecule has 0 aliphatic carbocycles. The molecule has 6 heterocycles. The number of cyclic esters (lactones) is 1. The van der Waals surface area contributed by atoms with Crippen molar-refractivity contribution >= 4 is 69.9 Å². The van der Waals surface area contributed by atoms with Crippen LogP contribution in [-0.4, -0.2) is 87.0 Å². The van der Waals surface area contributed by atoms with Crippen molar-refractivity contribution in [3.8, 4) is 11.3 Å². The first-order valence-electron chi connectivity index (χ1n) is 20.4. The van der Waals surface area contributed by atoms with Crippen molar-refractivity contribution in [3.05, 3.63) is 53.3 Å². The zero-order valence-electron chi connectivity index (χ0n) is 34.0. The number of esters is 1. The van der Waals surface area contributed by atoms with E-state index in [2.05, 4.69) is 54.4 Å². The Balaban J connectivity index is 1.32. The van der Waals surface area contributed by atoms with Gasteiger partial charge in [0.2, 0.25) is 5.91 Å². The molecule has 0 radical (unpaired) electrons. The molecule has 1 amide bonds. The molecule has 14 heteroatoms. The number of aromatic nitrogens is 2. The van der Waals surface area contributed by atoms with Gasteiger partial charge in [0, 0.05) is 79.6 Å². The van der Waals surface area contributed by atoms with Crippen LogP contribution in [-0.2, 0) is 41.6 Å². The van der Waals surface area contributed by atoms with Gasteiger partial charge in [-0.3, -0.25) is 29.4 Å². The Hall–Kier alpha value is -2.88. The predicted molar refractivity (Wildman–Crippen MR) is 231 cm³/mol. The van der Waals surface area contributed by atoms with Gasteiger partial charge < -0.3 is 18.8 Å². The SMILES string of the molecule is CCn1c(-c2cccnc2[C@H](C)OC)c2c3cc(ccc31)C1CSC(=N1)C[C@H](C(S)C(=O)C(C)C1CCOCC1)C(=O)N1CCC[C@H](SN1)C(=O)OCC(C)(C)C2. The lowest BCUT2D eigenvalue weighted by molar-refractivity contribution is -0.146. The third kappa shape index (κ3) is 9.01. The molecule has 6 bridgehead atoms. The summed E-state index contributed by atoms with van der Waals surface area (Å²) in [5.74, 6) is -0.564. The van der Waals surface area contributed by atoms with Crippen LogP contribution in [0.2, 0.25) is 0 Å². The van der Waals surface area contributed by atoms with Crippen LogP contribution in [0, 0.1) is 23.2 Å². The van der Waals surface area contributed by atoms with E-state index >= 15 is 0 Å². The van der Waals surface area contributed by atoms with E-state index in [1.54, 1.807) is 23.9 Å². The molecular formula is C43H57N5O6S3. The number of ketones is 1. The van der Waals surface area contributed by atoms with E-state index in [-0.39, 0.29) is 48.2 Å². The van der Waals surface area contributed by atoms with Gasteiger partial charge in [0.15, 0.2) is 0 Å². The molecule has 2 fully saturated rings. The monoisotopic (exact) mass is 835 g/mol. The molecule has 7 rings (SSSR count). The van der Waals surface area contributed by atoms with Crippen LogP contribution in [0.1, 0.15) is 95.7 Å². The maximum Gasteiger partial charge on any atom is 0.320 e. The number of Topliss-reactive ketones (excluding diaryl/α,β-unsaturated/α-hetero) is 1. The van der Waals surface area contributed by atoms with Crippen LogP contribution in [0.15, 0.2) is 41.5 Å². The molecule has 3 aromatic rings. The summed E-state index contributed by atoms with van der Waals surface area (Å²) in [5.41, 5.74) is 5.94. The van der Waals surface area contributed by atoms with Crippen molar-refractivity contribution in [2.75, 3.05) is 39.2 Å². The van der Waals surface area contributed by atoms with Crippen molar-refractivity contribution < 1.29 is 28.6 Å². The summed E-state index contributed by atoms with van der Waals surface area (Å²) in [7, 11) is 1.71. The van der Waals surface area contributed by atoms with Crippen molar-refractivity contribution in [1.29, 1.82) is 0 Å². The number of fused-ring (bicyclic) bond motifs is 6. The Morgan fingerprint density at radius 3 is 2.70 bits per heavy atom. The number of hydrogen-bond donors (Lipinski definition) is 2. The van der Waals surface area contributed by atoms with E-state index < -0.39 is 21.8 Å². The van der Waals surface area contributed by atoms with Crippen LogP contribution >= 0.6 is 36.3 Å². The maximum atomic E-state index is 14.5. The van der Waals surface area contributed by atoms with E-state index in [0.717, 1.165) is 63.6 Å². The minimum atomic E-state index is -0.811. The molecule has 4 aliphatic heterocycles. The van der Waals surface area contributed by atoms with Gasteiger partial charge >= 0.3 is 5.97 Å². The third-order valence-corrected chi connectivity index (χ3v) is 14.9. The van der Waals surface area contributed by atoms with Crippen molar-refractivity contribution in [1.82, 2.24) is 19.4 Å². The number of methoxy groups -OCH3 is 1. The second kappa shape index (κ2) is 18.2. The van der Waals surface area contributed by atoms with Crippen LogP contribution in [0.25, 0.3) is 22.2 Å². The number of nitrogens with one attached hydrogen (secondary N) is 1. The predicted octanol–water partition coefficient (Wildman–Crippen LogP) is 7.82. The lowest BCUT2D eigenvalue weighted by atomic mass is 9.81. The maximum absolute atomic E-state index is 14.5. The normalized spacial score (nSPS) is 25.3. The minimum absolute atomic E-state index is 0.0143. The zero-order valence-corrected chi connectivity index (χ0v) is 36.5. The molecule has 0 saturated carbocycles. The summed E-state index contributed by atoms with van der Waals surface area (Å²) in [6, 6.07) is 10.6. The number of aliphatic imine (C=N–C) groups is 1. The van der Waals surface area contributed by atoms with E-state index in [1.807, 2.05) is 26.1 Å². The van der Waals surface area contributed by atoms with Crippen LogP contribution < -0.4 is 4.83 Å². The van der Waals surface area contributed by atoms with E-state index in [9.17, 15) is 14.4 Å². The van der Waals surface area contributed by atoms with E-state index in [1.165, 1.54) is 17.5 Å². The number of ether oxygens (including phenoxy) is 3. The van der Waals surface area contributed by atoms with Gasteiger partial charge in [-0.15, -0.1) is 11.8 Å². The summed E-state index contributed by atoms with van der Waals surface area (Å²) in [6.45, 7) is 13.1. The number of benzene rings is 1. The number of amides is 1. The molecule has 2 aromatic heterocycles. The van der Waals surface area contributed by atoms with Crippen molar-refractivity contribution in [3.63, 3.8) is 0 Å². The lowest BCUT2D eigenvalue weighted by Crippen LogP contribution is -2.48. The number of aryl methyl sites for hydroxylation is 1. The van der Waals surface area contributed by atoms with Gasteiger partial charge in [-0.25, -0.2) is 0 Å². The summed E-state index contributed by atoms with van der Waals surface area (Å²) < 4.78 is 19.9. The van der Waals surface area contributed by atoms with Gasteiger partial charge in [0.1, 0.15) is 11.0 Å². The molecule has 0 spiro atoms. The first-order valence-corrected chi connectivity index (χ1v) is 22.8. The first kappa shape index (κ1) is 42.3. The Kier molecular flexibility index (Phi) is 13.5. The molecule has 4 aliphatic rings. The minimum Gasteiger partial charge on any atom is -0.464 e. The molecule has 1 aromatic carbocycles. The van der Waals surface area contributed by atoms with Gasteiger partial charge in [-0.2, -0.15) is 17.5 Å². The summed E-state index contributed by atoms with van der Waals surface area (Å²) >= 11 is 7.82. The summed E-state index contributed by atoms with van der Waals surface area (Å²) in [5, 5.41) is 2.27. The van der Waals surface area contributed by atoms with Gasteiger partial charge in [0.05, 0.1) is 46.4 Å². The molecular weight excluding hydrogens is 779 g/mol. The van der Waals surface area contributed by atoms with Gasteiger partial charge in [-0.05, 0) is 99.2 Å². The highest BCUT2D eigenvalue weighted by atomic mass is 32.2. The summed E-state index contributed by atoms with van der Waals surface area (Å²) in [6.07, 6.45) is 5.36. The topological polar surface area (TPSA) is 124 Å². The average Bonchev–Trinajstić information content (AvgIpc) is 3.72. The van der Waals surface area contributed by atoms with Crippen LogP contribution in [0.5, 0.6) is 0 Å². The second-order valence-corrected chi connectivity index (χ2v) is 19.3. The summed E-state index contributed by atoms with van der Waals surface area (Å²) in [4.78, 5) is 55.6. The fourth-order valence-corrected chi connectivity index (χ4v) is 11.2. The number of nitrogens with zero attached hydrogens (tertiary/aromatic N) is 4. The average molecular weight is 836 g/mol. The van der Waals surface area contributed by atoms with Crippen LogP contribution in [0.3, 0.4) is 0 Å². The second-order valence-electron chi connectivity index (χ2n) is 16.7. The van der Waals surface area contributed by atoms with Crippen LogP contribution in [0.4, 0.5) is 0 Å². The van der Waals surface area contributed by atoms with Gasteiger partial charge in [-0.1, -0.05) is 26.8 Å². The molecule has 11 nitrogen and oxygen atoms in total. The number of carbonyl (C=O) groups excluding carboxylic acids is 3.